The lowest BCUT2D eigenvalue weighted by Crippen LogP contribution is -2.38. The maximum Gasteiger partial charge on any atom is 0.337 e. The Morgan fingerprint density at radius 1 is 1.21 bits per heavy atom. The smallest absolute Gasteiger partial charge is 0.337 e. The molecule has 6 heteroatoms. The fourth-order valence-electron chi connectivity index (χ4n) is 2.14. The minimum Gasteiger partial charge on any atom is -0.469 e. The Morgan fingerprint density at radius 2 is 2.00 bits per heavy atom. The third kappa shape index (κ3) is 5.46. The van der Waals surface area contributed by atoms with Crippen LogP contribution >= 0.6 is 0 Å². The van der Waals surface area contributed by atoms with Crippen molar-refractivity contribution in [3.05, 3.63) is 59.5 Å². The summed E-state index contributed by atoms with van der Waals surface area (Å²) >= 11 is 0. The van der Waals surface area contributed by atoms with E-state index in [2.05, 4.69) is 20.4 Å². The van der Waals surface area contributed by atoms with Crippen LogP contribution in [0.15, 0.2) is 52.1 Å². The van der Waals surface area contributed by atoms with Crippen LogP contribution in [-0.2, 0) is 17.7 Å². The first kappa shape index (κ1) is 17.6. The van der Waals surface area contributed by atoms with Crippen LogP contribution in [0.25, 0.3) is 0 Å². The van der Waals surface area contributed by atoms with Crippen LogP contribution in [0.1, 0.15) is 28.6 Å². The summed E-state index contributed by atoms with van der Waals surface area (Å²) in [4.78, 5) is 16.0. The third-order valence-corrected chi connectivity index (χ3v) is 3.38. The van der Waals surface area contributed by atoms with Crippen LogP contribution in [-0.4, -0.2) is 32.1 Å². The van der Waals surface area contributed by atoms with Gasteiger partial charge in [0.2, 0.25) is 0 Å². The Hall–Kier alpha value is -2.76. The van der Waals surface area contributed by atoms with Crippen molar-refractivity contribution < 1.29 is 13.9 Å². The van der Waals surface area contributed by atoms with Gasteiger partial charge in [0.15, 0.2) is 5.96 Å². The predicted octanol–water partition coefficient (Wildman–Crippen LogP) is 2.36. The van der Waals surface area contributed by atoms with E-state index in [1.807, 2.05) is 31.2 Å². The first-order chi connectivity index (χ1) is 11.7. The number of methoxy groups -OCH3 is 1. The number of carbonyl (C=O) groups excluding carboxylic acids is 1. The Labute approximate surface area is 141 Å². The van der Waals surface area contributed by atoms with Gasteiger partial charge in [0, 0.05) is 19.5 Å². The fraction of sp³-hybridized carbons (Fsp3) is 0.333. The number of rotatable bonds is 7. The van der Waals surface area contributed by atoms with E-state index in [1.165, 1.54) is 7.11 Å². The van der Waals surface area contributed by atoms with Crippen LogP contribution in [0, 0.1) is 0 Å². The van der Waals surface area contributed by atoms with Gasteiger partial charge in [0.1, 0.15) is 5.76 Å². The van der Waals surface area contributed by atoms with Crippen LogP contribution in [0.2, 0.25) is 0 Å². The lowest BCUT2D eigenvalue weighted by atomic mass is 10.1. The molecule has 1 aromatic carbocycles. The number of aliphatic imine (C=N–C) groups is 1. The number of hydrogen-bond donors (Lipinski definition) is 2. The maximum absolute atomic E-state index is 11.4. The molecule has 0 radical (unpaired) electrons. The van der Waals surface area contributed by atoms with Crippen LogP contribution < -0.4 is 10.6 Å². The average Bonchev–Trinajstić information content (AvgIpc) is 3.13. The zero-order chi connectivity index (χ0) is 17.2. The summed E-state index contributed by atoms with van der Waals surface area (Å²) in [5.74, 6) is 1.36. The monoisotopic (exact) mass is 329 g/mol. The molecule has 0 saturated carbocycles. The molecule has 0 spiro atoms. The highest BCUT2D eigenvalue weighted by atomic mass is 16.5. The van der Waals surface area contributed by atoms with Crippen molar-refractivity contribution >= 4 is 11.9 Å². The SMILES string of the molecule is CCNC(=NCc1ccc(C(=O)OC)cc1)NCCc1ccco1. The molecule has 2 aromatic rings. The van der Waals surface area contributed by atoms with E-state index in [9.17, 15) is 4.79 Å². The number of hydrogen-bond acceptors (Lipinski definition) is 4. The van der Waals surface area contributed by atoms with Crippen molar-refractivity contribution in [3.8, 4) is 0 Å². The van der Waals surface area contributed by atoms with E-state index >= 15 is 0 Å². The number of guanidine groups is 1. The first-order valence-electron chi connectivity index (χ1n) is 7.94. The molecular formula is C18H23N3O3. The zero-order valence-corrected chi connectivity index (χ0v) is 14.0. The number of furan rings is 1. The molecule has 1 aromatic heterocycles. The van der Waals surface area contributed by atoms with Crippen molar-refractivity contribution in [3.63, 3.8) is 0 Å². The van der Waals surface area contributed by atoms with E-state index in [4.69, 9.17) is 4.42 Å². The molecule has 2 rings (SSSR count). The topological polar surface area (TPSA) is 75.9 Å². The van der Waals surface area contributed by atoms with Crippen molar-refractivity contribution in [2.75, 3.05) is 20.2 Å². The fourth-order valence-corrected chi connectivity index (χ4v) is 2.14. The van der Waals surface area contributed by atoms with Gasteiger partial charge in [-0.3, -0.25) is 0 Å². The largest absolute Gasteiger partial charge is 0.469 e. The summed E-state index contributed by atoms with van der Waals surface area (Å²) in [6, 6.07) is 11.1. The summed E-state index contributed by atoms with van der Waals surface area (Å²) in [6.45, 7) is 4.07. The lowest BCUT2D eigenvalue weighted by Gasteiger charge is -2.10. The molecule has 2 N–H and O–H groups in total. The van der Waals surface area contributed by atoms with Crippen LogP contribution in [0.3, 0.4) is 0 Å². The van der Waals surface area contributed by atoms with Crippen molar-refractivity contribution in [2.24, 2.45) is 4.99 Å². The third-order valence-electron chi connectivity index (χ3n) is 3.38. The normalized spacial score (nSPS) is 11.2. The lowest BCUT2D eigenvalue weighted by molar-refractivity contribution is 0.0600. The Bertz CT molecular complexity index is 649. The highest BCUT2D eigenvalue weighted by molar-refractivity contribution is 5.89. The number of benzene rings is 1. The molecule has 1 heterocycles. The average molecular weight is 329 g/mol. The molecule has 6 nitrogen and oxygen atoms in total. The molecule has 0 amide bonds. The second-order valence-corrected chi connectivity index (χ2v) is 5.14. The quantitative estimate of drug-likeness (QED) is 0.463. The summed E-state index contributed by atoms with van der Waals surface area (Å²) in [6.07, 6.45) is 2.47. The van der Waals surface area contributed by atoms with E-state index in [0.717, 1.165) is 36.8 Å². The van der Waals surface area contributed by atoms with Crippen LogP contribution in [0.4, 0.5) is 0 Å². The maximum atomic E-state index is 11.4. The van der Waals surface area contributed by atoms with Crippen molar-refractivity contribution in [1.29, 1.82) is 0 Å². The Balaban J connectivity index is 1.88. The van der Waals surface area contributed by atoms with Crippen LogP contribution in [0.5, 0.6) is 0 Å². The molecular weight excluding hydrogens is 306 g/mol. The number of carbonyl (C=O) groups is 1. The second kappa shape index (κ2) is 9.39. The van der Waals surface area contributed by atoms with Gasteiger partial charge in [-0.2, -0.15) is 0 Å². The van der Waals surface area contributed by atoms with Crippen molar-refractivity contribution in [1.82, 2.24) is 10.6 Å². The summed E-state index contributed by atoms with van der Waals surface area (Å²) in [7, 11) is 1.37. The predicted molar refractivity (Wildman–Crippen MR) is 93.0 cm³/mol. The van der Waals surface area contributed by atoms with E-state index < -0.39 is 0 Å². The van der Waals surface area contributed by atoms with Crippen molar-refractivity contribution in [2.45, 2.75) is 19.9 Å². The zero-order valence-electron chi connectivity index (χ0n) is 14.0. The number of ether oxygens (including phenoxy) is 1. The first-order valence-corrected chi connectivity index (χ1v) is 7.94. The van der Waals surface area contributed by atoms with Gasteiger partial charge in [0.05, 0.1) is 25.5 Å². The highest BCUT2D eigenvalue weighted by Gasteiger charge is 2.04. The molecule has 0 bridgehead atoms. The molecule has 0 atom stereocenters. The van der Waals surface area contributed by atoms with E-state index in [0.29, 0.717) is 12.1 Å². The highest BCUT2D eigenvalue weighted by Crippen LogP contribution is 2.07. The van der Waals surface area contributed by atoms with Gasteiger partial charge in [-0.1, -0.05) is 12.1 Å². The molecule has 0 aliphatic carbocycles. The minimum absolute atomic E-state index is 0.335. The minimum atomic E-state index is -0.335. The molecule has 24 heavy (non-hydrogen) atoms. The van der Waals surface area contributed by atoms with E-state index in [-0.39, 0.29) is 5.97 Å². The molecule has 0 saturated heterocycles. The molecule has 128 valence electrons. The number of nitrogens with one attached hydrogen (secondary N) is 2. The van der Waals surface area contributed by atoms with Gasteiger partial charge in [-0.15, -0.1) is 0 Å². The molecule has 0 aliphatic heterocycles. The summed E-state index contributed by atoms with van der Waals surface area (Å²) in [5, 5.41) is 6.48. The van der Waals surface area contributed by atoms with E-state index in [1.54, 1.807) is 18.4 Å². The Morgan fingerprint density at radius 3 is 2.62 bits per heavy atom. The number of esters is 1. The summed E-state index contributed by atoms with van der Waals surface area (Å²) in [5.41, 5.74) is 1.56. The van der Waals surface area contributed by atoms with Gasteiger partial charge in [0.25, 0.3) is 0 Å². The standard InChI is InChI=1S/C18H23N3O3/c1-3-19-18(20-11-10-16-5-4-12-24-16)21-13-14-6-8-15(9-7-14)17(22)23-2/h4-9,12H,3,10-11,13H2,1-2H3,(H2,19,20,21). The number of nitrogens with zero attached hydrogens (tertiary/aromatic N) is 1. The molecule has 0 unspecified atom stereocenters. The molecule has 0 aliphatic rings. The summed E-state index contributed by atoms with van der Waals surface area (Å²) < 4.78 is 9.99. The van der Waals surface area contributed by atoms with Gasteiger partial charge in [-0.25, -0.2) is 9.79 Å². The van der Waals surface area contributed by atoms with Gasteiger partial charge in [-0.05, 0) is 36.8 Å². The van der Waals surface area contributed by atoms with Gasteiger partial charge < -0.3 is 19.8 Å². The Kier molecular flexibility index (Phi) is 6.89. The van der Waals surface area contributed by atoms with Gasteiger partial charge >= 0.3 is 5.97 Å². The second-order valence-electron chi connectivity index (χ2n) is 5.14. The molecule has 0 fully saturated rings.